The van der Waals surface area contributed by atoms with Crippen LogP contribution in [0.3, 0.4) is 0 Å². The van der Waals surface area contributed by atoms with Crippen LogP contribution < -0.4 is 0 Å². The summed E-state index contributed by atoms with van der Waals surface area (Å²) >= 11 is 0. The summed E-state index contributed by atoms with van der Waals surface area (Å²) in [5.41, 5.74) is 0.833. The van der Waals surface area contributed by atoms with E-state index in [4.69, 9.17) is 17.4 Å². The Hall–Kier alpha value is -2.71. The Morgan fingerprint density at radius 3 is 2.06 bits per heavy atom. The van der Waals surface area contributed by atoms with Gasteiger partial charge in [0, 0.05) is 5.56 Å². The van der Waals surface area contributed by atoms with Crippen LogP contribution in [0.5, 0.6) is 0 Å². The monoisotopic (exact) mass is 450 g/mol. The van der Waals surface area contributed by atoms with Gasteiger partial charge in [0.1, 0.15) is 0 Å². The standard InChI is InChI=1S/C22H21O.CHF3O3S/c1-16-11-13-17(14-12-16)20-15-22(18-7-3-2-4-8-18)23-21-10-6-5-9-19(20)21;2-1(3,4)8(5,6)7/h2-4,7-8,11-15H,5-6,9-10H2,1H3;(H,5,6,7)/q+1;/p-1. The van der Waals surface area contributed by atoms with Crippen molar-refractivity contribution in [1.29, 1.82) is 0 Å². The molecular formula is C23H21F3O4S. The number of halogens is 3. The topological polar surface area (TPSA) is 68.5 Å². The number of benzene rings is 2. The highest BCUT2D eigenvalue weighted by Crippen LogP contribution is 2.36. The molecule has 3 aromatic rings. The van der Waals surface area contributed by atoms with Crippen molar-refractivity contribution in [2.24, 2.45) is 0 Å². The summed E-state index contributed by atoms with van der Waals surface area (Å²) in [6.45, 7) is 2.13. The van der Waals surface area contributed by atoms with Crippen LogP contribution in [0.1, 0.15) is 29.7 Å². The largest absolute Gasteiger partial charge is 0.741 e. The average Bonchev–Trinajstić information content (AvgIpc) is 2.73. The second-order valence-electron chi connectivity index (χ2n) is 7.27. The van der Waals surface area contributed by atoms with Gasteiger partial charge in [-0.3, -0.25) is 0 Å². The summed E-state index contributed by atoms with van der Waals surface area (Å²) in [7, 11) is -6.09. The molecule has 1 heterocycles. The third kappa shape index (κ3) is 5.71. The molecule has 0 aliphatic heterocycles. The Bertz CT molecular complexity index is 1140. The fourth-order valence-electron chi connectivity index (χ4n) is 3.39. The molecule has 31 heavy (non-hydrogen) atoms. The van der Waals surface area contributed by atoms with Crippen molar-refractivity contribution < 1.29 is 30.6 Å². The van der Waals surface area contributed by atoms with Crippen molar-refractivity contribution >= 4 is 10.1 Å². The third-order valence-electron chi connectivity index (χ3n) is 4.96. The molecule has 8 heteroatoms. The van der Waals surface area contributed by atoms with Crippen LogP contribution in [-0.4, -0.2) is 18.5 Å². The fraction of sp³-hybridized carbons (Fsp3) is 0.261. The van der Waals surface area contributed by atoms with Gasteiger partial charge in [-0.25, -0.2) is 12.8 Å². The van der Waals surface area contributed by atoms with Crippen LogP contribution in [0.2, 0.25) is 0 Å². The summed E-state index contributed by atoms with van der Waals surface area (Å²) in [6.07, 6.45) is 4.65. The Balaban J connectivity index is 0.000000293. The van der Waals surface area contributed by atoms with Gasteiger partial charge >= 0.3 is 17.0 Å². The summed E-state index contributed by atoms with van der Waals surface area (Å²) in [5, 5.41) is 0. The predicted molar refractivity (Wildman–Crippen MR) is 111 cm³/mol. The van der Waals surface area contributed by atoms with Gasteiger partial charge in [-0.2, -0.15) is 13.2 Å². The molecule has 164 valence electrons. The van der Waals surface area contributed by atoms with Crippen LogP contribution in [0.4, 0.5) is 13.2 Å². The summed E-state index contributed by atoms with van der Waals surface area (Å²) in [4.78, 5) is 0. The molecule has 0 atom stereocenters. The van der Waals surface area contributed by atoms with E-state index in [1.165, 1.54) is 40.9 Å². The van der Waals surface area contributed by atoms with Crippen molar-refractivity contribution in [2.45, 2.75) is 38.1 Å². The zero-order valence-electron chi connectivity index (χ0n) is 16.8. The van der Waals surface area contributed by atoms with Crippen LogP contribution in [-0.2, 0) is 23.0 Å². The fourth-order valence-corrected chi connectivity index (χ4v) is 3.39. The molecule has 1 aromatic heterocycles. The van der Waals surface area contributed by atoms with Crippen molar-refractivity contribution in [3.05, 3.63) is 77.6 Å². The Morgan fingerprint density at radius 1 is 0.903 bits per heavy atom. The van der Waals surface area contributed by atoms with Crippen molar-refractivity contribution in [3.8, 4) is 22.5 Å². The SMILES string of the molecule is Cc1ccc(-c2cc(-c3ccccc3)[o+]c3c2CCCC3)cc1.O=S(=O)([O-])C(F)(F)F. The lowest BCUT2D eigenvalue weighted by Crippen LogP contribution is -2.21. The maximum absolute atomic E-state index is 10.7. The van der Waals surface area contributed by atoms with Crippen LogP contribution >= 0.6 is 0 Å². The first-order valence-corrected chi connectivity index (χ1v) is 11.1. The van der Waals surface area contributed by atoms with Crippen molar-refractivity contribution in [3.63, 3.8) is 0 Å². The molecule has 0 unspecified atom stereocenters. The smallest absolute Gasteiger partial charge is 0.485 e. The Kier molecular flexibility index (Phi) is 6.81. The molecule has 1 aliphatic carbocycles. The molecule has 0 saturated heterocycles. The summed E-state index contributed by atoms with van der Waals surface area (Å²) < 4.78 is 65.2. The lowest BCUT2D eigenvalue weighted by atomic mass is 9.89. The number of hydrogen-bond acceptors (Lipinski definition) is 3. The highest BCUT2D eigenvalue weighted by molar-refractivity contribution is 7.86. The van der Waals surface area contributed by atoms with E-state index in [-0.39, 0.29) is 0 Å². The van der Waals surface area contributed by atoms with Gasteiger partial charge in [0.05, 0.1) is 23.6 Å². The molecule has 1 aliphatic rings. The highest BCUT2D eigenvalue weighted by Gasteiger charge is 2.37. The first kappa shape index (κ1) is 23.0. The molecule has 0 amide bonds. The van der Waals surface area contributed by atoms with E-state index < -0.39 is 15.6 Å². The first-order chi connectivity index (χ1) is 14.6. The number of hydrogen-bond donors (Lipinski definition) is 0. The van der Waals surface area contributed by atoms with Crippen molar-refractivity contribution in [1.82, 2.24) is 0 Å². The van der Waals surface area contributed by atoms with Gasteiger partial charge in [0.25, 0.3) is 0 Å². The molecule has 0 radical (unpaired) electrons. The van der Waals surface area contributed by atoms with Crippen LogP contribution in [0, 0.1) is 6.92 Å². The number of aryl methyl sites for hydroxylation is 2. The maximum atomic E-state index is 10.7. The minimum atomic E-state index is -6.09. The van der Waals surface area contributed by atoms with Gasteiger partial charge in [-0.15, -0.1) is 0 Å². The molecule has 2 aromatic carbocycles. The molecule has 0 saturated carbocycles. The minimum Gasteiger partial charge on any atom is -0.741 e. The Labute approximate surface area is 179 Å². The van der Waals surface area contributed by atoms with Crippen molar-refractivity contribution in [2.75, 3.05) is 0 Å². The molecule has 4 rings (SSSR count). The van der Waals surface area contributed by atoms with Crippen LogP contribution in [0.15, 0.2) is 65.1 Å². The van der Waals surface area contributed by atoms with E-state index in [9.17, 15) is 13.2 Å². The van der Waals surface area contributed by atoms with E-state index in [2.05, 4.69) is 61.5 Å². The summed E-state index contributed by atoms with van der Waals surface area (Å²) in [6, 6.07) is 21.5. The van der Waals surface area contributed by atoms with E-state index in [0.29, 0.717) is 0 Å². The average molecular weight is 450 g/mol. The molecule has 0 spiro atoms. The van der Waals surface area contributed by atoms with Gasteiger partial charge < -0.3 is 4.55 Å². The third-order valence-corrected chi connectivity index (χ3v) is 5.52. The minimum absolute atomic E-state index is 0.974. The summed E-state index contributed by atoms with van der Waals surface area (Å²) in [5.74, 6) is 2.15. The normalized spacial score (nSPS) is 13.7. The lowest BCUT2D eigenvalue weighted by molar-refractivity contribution is -0.0517. The molecule has 0 N–H and O–H groups in total. The first-order valence-electron chi connectivity index (χ1n) is 9.70. The predicted octanol–water partition coefficient (Wildman–Crippen LogP) is 6.13. The number of alkyl halides is 3. The lowest BCUT2D eigenvalue weighted by Gasteiger charge is -2.13. The van der Waals surface area contributed by atoms with Crippen LogP contribution in [0.25, 0.3) is 22.5 Å². The second-order valence-corrected chi connectivity index (χ2v) is 8.64. The van der Waals surface area contributed by atoms with Gasteiger partial charge in [-0.05, 0) is 43.9 Å². The molecular weight excluding hydrogens is 429 g/mol. The van der Waals surface area contributed by atoms with E-state index in [1.807, 2.05) is 6.07 Å². The molecule has 0 bridgehead atoms. The Morgan fingerprint density at radius 2 is 1.48 bits per heavy atom. The van der Waals surface area contributed by atoms with Gasteiger partial charge in [0.2, 0.25) is 0 Å². The second kappa shape index (κ2) is 9.20. The zero-order chi connectivity index (χ0) is 22.6. The molecule has 0 fully saturated rings. The van der Waals surface area contributed by atoms with Gasteiger partial charge in [-0.1, -0.05) is 48.0 Å². The quantitative estimate of drug-likeness (QED) is 0.267. The van der Waals surface area contributed by atoms with E-state index >= 15 is 0 Å². The zero-order valence-corrected chi connectivity index (χ0v) is 17.6. The van der Waals surface area contributed by atoms with Gasteiger partial charge in [0.15, 0.2) is 10.1 Å². The number of fused-ring (bicyclic) bond motifs is 1. The molecule has 4 nitrogen and oxygen atoms in total. The maximum Gasteiger partial charge on any atom is 0.485 e. The number of rotatable bonds is 2. The van der Waals surface area contributed by atoms with E-state index in [0.717, 1.165) is 24.2 Å². The highest BCUT2D eigenvalue weighted by atomic mass is 32.2. The van der Waals surface area contributed by atoms with E-state index in [1.54, 1.807) is 0 Å².